The van der Waals surface area contributed by atoms with Gasteiger partial charge in [-0.05, 0) is 32.2 Å². The van der Waals surface area contributed by atoms with Gasteiger partial charge >= 0.3 is 0 Å². The fraction of sp³-hybridized carbons (Fsp3) is 1.00. The summed E-state index contributed by atoms with van der Waals surface area (Å²) in [4.78, 5) is 2.57. The van der Waals surface area contributed by atoms with Gasteiger partial charge < -0.3 is 4.74 Å². The van der Waals surface area contributed by atoms with Gasteiger partial charge in [0.1, 0.15) is 0 Å². The van der Waals surface area contributed by atoms with Gasteiger partial charge in [-0.1, -0.05) is 29.8 Å². The minimum Gasteiger partial charge on any atom is -0.374 e. The second-order valence-corrected chi connectivity index (χ2v) is 5.64. The van der Waals surface area contributed by atoms with Crippen molar-refractivity contribution in [1.82, 2.24) is 4.90 Å². The van der Waals surface area contributed by atoms with Crippen LogP contribution in [0.15, 0.2) is 0 Å². The van der Waals surface area contributed by atoms with Crippen molar-refractivity contribution >= 4 is 15.9 Å². The summed E-state index contributed by atoms with van der Waals surface area (Å²) < 4.78 is 5.71. The van der Waals surface area contributed by atoms with Crippen molar-refractivity contribution in [2.24, 2.45) is 5.92 Å². The quantitative estimate of drug-likeness (QED) is 0.717. The van der Waals surface area contributed by atoms with Crippen LogP contribution in [0.1, 0.15) is 33.6 Å². The zero-order valence-electron chi connectivity index (χ0n) is 10.2. The molecule has 1 aliphatic heterocycles. The first-order valence-corrected chi connectivity index (χ1v) is 7.17. The molecular weight excluding hydrogens is 254 g/mol. The Bertz CT molecular complexity index is 175. The lowest BCUT2D eigenvalue weighted by atomic mass is 10.1. The summed E-state index contributed by atoms with van der Waals surface area (Å²) in [5.41, 5.74) is 0. The van der Waals surface area contributed by atoms with Crippen LogP contribution in [0.25, 0.3) is 0 Å². The van der Waals surface area contributed by atoms with Gasteiger partial charge in [0, 0.05) is 17.9 Å². The van der Waals surface area contributed by atoms with Crippen LogP contribution in [0.4, 0.5) is 0 Å². The minimum atomic E-state index is 0.389. The van der Waals surface area contributed by atoms with Crippen LogP contribution < -0.4 is 0 Å². The van der Waals surface area contributed by atoms with Gasteiger partial charge in [-0.3, -0.25) is 4.90 Å². The Morgan fingerprint density at radius 2 is 2.20 bits per heavy atom. The standard InChI is InChI=1S/C12H24BrNO/c1-10(2)5-4-6-14-8-12(7-13)15-9-11(14)3/h10-12H,4-9H2,1-3H3. The van der Waals surface area contributed by atoms with E-state index in [-0.39, 0.29) is 0 Å². The molecule has 0 radical (unpaired) electrons. The Balaban J connectivity index is 2.25. The number of halogens is 1. The van der Waals surface area contributed by atoms with E-state index in [9.17, 15) is 0 Å². The maximum Gasteiger partial charge on any atom is 0.0799 e. The Hall–Kier alpha value is 0.400. The molecule has 1 aliphatic rings. The van der Waals surface area contributed by atoms with Gasteiger partial charge in [0.25, 0.3) is 0 Å². The molecule has 90 valence electrons. The van der Waals surface area contributed by atoms with Crippen molar-refractivity contribution in [3.63, 3.8) is 0 Å². The molecule has 0 spiro atoms. The predicted octanol–water partition coefficient (Wildman–Crippen LogP) is 2.91. The first kappa shape index (κ1) is 13.5. The van der Waals surface area contributed by atoms with Crippen LogP contribution in [0.3, 0.4) is 0 Å². The van der Waals surface area contributed by atoms with Crippen molar-refractivity contribution in [2.45, 2.75) is 45.8 Å². The van der Waals surface area contributed by atoms with Crippen molar-refractivity contribution in [3.8, 4) is 0 Å². The molecule has 2 nitrogen and oxygen atoms in total. The number of alkyl halides is 1. The summed E-state index contributed by atoms with van der Waals surface area (Å²) in [5.74, 6) is 0.827. The lowest BCUT2D eigenvalue weighted by molar-refractivity contribution is -0.0471. The highest BCUT2D eigenvalue weighted by molar-refractivity contribution is 9.09. The maximum absolute atomic E-state index is 5.71. The largest absolute Gasteiger partial charge is 0.374 e. The Morgan fingerprint density at radius 1 is 1.47 bits per heavy atom. The predicted molar refractivity (Wildman–Crippen MR) is 68.6 cm³/mol. The molecule has 0 saturated carbocycles. The molecule has 3 heteroatoms. The number of morpholine rings is 1. The van der Waals surface area contributed by atoms with Gasteiger partial charge in [0.15, 0.2) is 0 Å². The van der Waals surface area contributed by atoms with Crippen LogP contribution in [-0.4, -0.2) is 42.1 Å². The van der Waals surface area contributed by atoms with E-state index in [2.05, 4.69) is 41.6 Å². The molecule has 2 atom stereocenters. The van der Waals surface area contributed by atoms with Gasteiger partial charge in [-0.25, -0.2) is 0 Å². The maximum atomic E-state index is 5.71. The second-order valence-electron chi connectivity index (χ2n) is 4.99. The summed E-state index contributed by atoms with van der Waals surface area (Å²) in [5, 5.41) is 0.959. The average Bonchev–Trinajstić information content (AvgIpc) is 2.20. The first-order chi connectivity index (χ1) is 7.13. The molecule has 15 heavy (non-hydrogen) atoms. The van der Waals surface area contributed by atoms with E-state index in [1.165, 1.54) is 19.4 Å². The topological polar surface area (TPSA) is 12.5 Å². The van der Waals surface area contributed by atoms with E-state index in [4.69, 9.17) is 4.74 Å². The monoisotopic (exact) mass is 277 g/mol. The molecule has 0 N–H and O–H groups in total. The third-order valence-corrected chi connectivity index (χ3v) is 3.76. The van der Waals surface area contributed by atoms with Crippen molar-refractivity contribution in [1.29, 1.82) is 0 Å². The second kappa shape index (κ2) is 6.87. The van der Waals surface area contributed by atoms with Crippen LogP contribution in [0.2, 0.25) is 0 Å². The molecule has 1 fully saturated rings. The summed E-state index contributed by atoms with van der Waals surface area (Å²) in [6.07, 6.45) is 3.04. The lowest BCUT2D eigenvalue weighted by Crippen LogP contribution is -2.49. The molecular formula is C12H24BrNO. The highest BCUT2D eigenvalue weighted by atomic mass is 79.9. The molecule has 0 aromatic rings. The normalized spacial score (nSPS) is 28.6. The van der Waals surface area contributed by atoms with Gasteiger partial charge in [-0.15, -0.1) is 0 Å². The first-order valence-electron chi connectivity index (χ1n) is 6.05. The number of ether oxygens (including phenoxy) is 1. The van der Waals surface area contributed by atoms with Gasteiger partial charge in [0.05, 0.1) is 12.7 Å². The molecule has 0 amide bonds. The summed E-state index contributed by atoms with van der Waals surface area (Å²) in [7, 11) is 0. The Morgan fingerprint density at radius 3 is 2.80 bits per heavy atom. The van der Waals surface area contributed by atoms with E-state index < -0.39 is 0 Å². The molecule has 0 aromatic heterocycles. The fourth-order valence-electron chi connectivity index (χ4n) is 1.98. The van der Waals surface area contributed by atoms with Gasteiger partial charge in [-0.2, -0.15) is 0 Å². The van der Waals surface area contributed by atoms with E-state index in [0.717, 1.165) is 24.4 Å². The highest BCUT2D eigenvalue weighted by Gasteiger charge is 2.24. The van der Waals surface area contributed by atoms with Crippen molar-refractivity contribution in [3.05, 3.63) is 0 Å². The third kappa shape index (κ3) is 4.83. The fourth-order valence-corrected chi connectivity index (χ4v) is 2.37. The van der Waals surface area contributed by atoms with Gasteiger partial charge in [0.2, 0.25) is 0 Å². The molecule has 2 unspecified atom stereocenters. The molecule has 0 aromatic carbocycles. The Kier molecular flexibility index (Phi) is 6.17. The smallest absolute Gasteiger partial charge is 0.0799 e. The molecule has 0 aliphatic carbocycles. The number of hydrogen-bond donors (Lipinski definition) is 0. The molecule has 1 saturated heterocycles. The van der Waals surface area contributed by atoms with Crippen LogP contribution in [0.5, 0.6) is 0 Å². The zero-order chi connectivity index (χ0) is 11.3. The lowest BCUT2D eigenvalue weighted by Gasteiger charge is -2.37. The van der Waals surface area contributed by atoms with Crippen molar-refractivity contribution in [2.75, 3.05) is 25.0 Å². The molecule has 0 bridgehead atoms. The van der Waals surface area contributed by atoms with E-state index in [0.29, 0.717) is 12.1 Å². The summed E-state index contributed by atoms with van der Waals surface area (Å²) in [6.45, 7) is 10.1. The zero-order valence-corrected chi connectivity index (χ0v) is 11.8. The van der Waals surface area contributed by atoms with E-state index in [1.807, 2.05) is 0 Å². The minimum absolute atomic E-state index is 0.389. The molecule has 1 heterocycles. The number of nitrogens with zero attached hydrogens (tertiary/aromatic N) is 1. The van der Waals surface area contributed by atoms with Crippen LogP contribution >= 0.6 is 15.9 Å². The summed E-state index contributed by atoms with van der Waals surface area (Å²) >= 11 is 3.50. The van der Waals surface area contributed by atoms with Crippen molar-refractivity contribution < 1.29 is 4.74 Å². The average molecular weight is 278 g/mol. The van der Waals surface area contributed by atoms with E-state index >= 15 is 0 Å². The number of rotatable bonds is 5. The highest BCUT2D eigenvalue weighted by Crippen LogP contribution is 2.15. The van der Waals surface area contributed by atoms with Crippen LogP contribution in [-0.2, 0) is 4.74 Å². The van der Waals surface area contributed by atoms with E-state index in [1.54, 1.807) is 0 Å². The summed E-state index contributed by atoms with van der Waals surface area (Å²) in [6, 6.07) is 0.590. The SMILES string of the molecule is CC(C)CCCN1CC(CBr)OCC1C. The Labute approximate surface area is 102 Å². The van der Waals surface area contributed by atoms with Crippen LogP contribution in [0, 0.1) is 5.92 Å². The number of hydrogen-bond acceptors (Lipinski definition) is 2. The molecule has 1 rings (SSSR count). The third-order valence-electron chi connectivity index (χ3n) is 3.03.